The molecule has 0 aromatic heterocycles. The molecule has 6 heteroatoms. The molecular weight excluding hydrogens is 342 g/mol. The smallest absolute Gasteiger partial charge is 0.193 e. The molecule has 0 aliphatic rings. The van der Waals surface area contributed by atoms with Crippen LogP contribution in [0.25, 0.3) is 0 Å². The number of benzene rings is 2. The molecule has 2 rings (SSSR count). The number of aliphatic imine (C=N–C) groups is 1. The lowest BCUT2D eigenvalue weighted by Crippen LogP contribution is -2.39. The van der Waals surface area contributed by atoms with Crippen LogP contribution in [0.5, 0.6) is 17.2 Å². The maximum Gasteiger partial charge on any atom is 0.193 e. The Morgan fingerprint density at radius 2 is 1.85 bits per heavy atom. The van der Waals surface area contributed by atoms with Crippen LogP contribution in [-0.4, -0.2) is 50.3 Å². The first-order valence-electron chi connectivity index (χ1n) is 9.06. The average Bonchev–Trinajstić information content (AvgIpc) is 2.68. The van der Waals surface area contributed by atoms with Crippen molar-refractivity contribution in [3.05, 3.63) is 53.6 Å². The molecule has 0 aliphatic carbocycles. The predicted molar refractivity (Wildman–Crippen MR) is 109 cm³/mol. The number of guanidine groups is 1. The van der Waals surface area contributed by atoms with Crippen molar-refractivity contribution in [1.29, 1.82) is 0 Å². The number of hydrogen-bond donors (Lipinski definition) is 2. The van der Waals surface area contributed by atoms with E-state index in [9.17, 15) is 5.11 Å². The van der Waals surface area contributed by atoms with Gasteiger partial charge >= 0.3 is 0 Å². The molecule has 0 atom stereocenters. The van der Waals surface area contributed by atoms with E-state index in [1.54, 1.807) is 20.2 Å². The summed E-state index contributed by atoms with van der Waals surface area (Å²) in [5.74, 6) is 2.58. The van der Waals surface area contributed by atoms with Crippen LogP contribution in [0.2, 0.25) is 0 Å². The topological polar surface area (TPSA) is 66.3 Å². The van der Waals surface area contributed by atoms with Gasteiger partial charge in [-0.15, -0.1) is 0 Å². The Kier molecular flexibility index (Phi) is 7.79. The van der Waals surface area contributed by atoms with Crippen molar-refractivity contribution in [3.8, 4) is 17.2 Å². The standard InChI is InChI=1S/C21H29N3O3/c1-5-27-18-9-6-16(7-10-18)15-24(3)21(22-2)23-13-12-17-8-11-19(26-4)14-20(17)25/h6-11,14,25H,5,12-13,15H2,1-4H3,(H,22,23). The lowest BCUT2D eigenvalue weighted by atomic mass is 10.1. The van der Waals surface area contributed by atoms with Gasteiger partial charge in [-0.2, -0.15) is 0 Å². The Balaban J connectivity index is 1.87. The molecule has 2 aromatic rings. The van der Waals surface area contributed by atoms with E-state index in [1.165, 1.54) is 5.56 Å². The number of rotatable bonds is 8. The van der Waals surface area contributed by atoms with E-state index in [2.05, 4.69) is 27.3 Å². The number of phenols is 1. The van der Waals surface area contributed by atoms with Gasteiger partial charge in [0.2, 0.25) is 0 Å². The number of methoxy groups -OCH3 is 1. The quantitative estimate of drug-likeness (QED) is 0.551. The normalized spacial score (nSPS) is 11.2. The van der Waals surface area contributed by atoms with Crippen molar-refractivity contribution in [2.24, 2.45) is 4.99 Å². The zero-order chi connectivity index (χ0) is 19.6. The number of ether oxygens (including phenoxy) is 2. The fourth-order valence-electron chi connectivity index (χ4n) is 2.78. The molecule has 6 nitrogen and oxygen atoms in total. The Morgan fingerprint density at radius 3 is 2.44 bits per heavy atom. The van der Waals surface area contributed by atoms with E-state index < -0.39 is 0 Å². The minimum absolute atomic E-state index is 0.244. The van der Waals surface area contributed by atoms with Gasteiger partial charge < -0.3 is 24.8 Å². The molecule has 0 amide bonds. The van der Waals surface area contributed by atoms with Crippen LogP contribution in [0.4, 0.5) is 0 Å². The van der Waals surface area contributed by atoms with Crippen molar-refractivity contribution < 1.29 is 14.6 Å². The summed E-state index contributed by atoms with van der Waals surface area (Å²) in [5, 5.41) is 13.4. The number of nitrogens with one attached hydrogen (secondary N) is 1. The molecule has 2 aromatic carbocycles. The number of phenolic OH excluding ortho intramolecular Hbond substituents is 1. The largest absolute Gasteiger partial charge is 0.508 e. The summed E-state index contributed by atoms with van der Waals surface area (Å²) in [6.07, 6.45) is 0.686. The van der Waals surface area contributed by atoms with Gasteiger partial charge in [0.1, 0.15) is 17.2 Å². The van der Waals surface area contributed by atoms with E-state index in [-0.39, 0.29) is 5.75 Å². The third kappa shape index (κ3) is 6.09. The maximum atomic E-state index is 10.1. The summed E-state index contributed by atoms with van der Waals surface area (Å²) < 4.78 is 10.6. The van der Waals surface area contributed by atoms with Crippen LogP contribution < -0.4 is 14.8 Å². The predicted octanol–water partition coefficient (Wildman–Crippen LogP) is 3.05. The van der Waals surface area contributed by atoms with Gasteiger partial charge in [-0.25, -0.2) is 0 Å². The SMILES string of the molecule is CCOc1ccc(CN(C)C(=NC)NCCc2ccc(OC)cc2O)cc1. The monoisotopic (exact) mass is 371 g/mol. The summed E-state index contributed by atoms with van der Waals surface area (Å²) in [5.41, 5.74) is 2.05. The van der Waals surface area contributed by atoms with Crippen molar-refractivity contribution in [1.82, 2.24) is 10.2 Å². The Labute approximate surface area is 161 Å². The van der Waals surface area contributed by atoms with Gasteiger partial charge in [0, 0.05) is 33.3 Å². The first-order chi connectivity index (χ1) is 13.1. The second-order valence-electron chi connectivity index (χ2n) is 6.15. The molecule has 0 unspecified atom stereocenters. The van der Waals surface area contributed by atoms with Gasteiger partial charge in [-0.05, 0) is 42.7 Å². The summed E-state index contributed by atoms with van der Waals surface area (Å²) in [4.78, 5) is 6.40. The van der Waals surface area contributed by atoms with Gasteiger partial charge in [0.05, 0.1) is 13.7 Å². The first kappa shape index (κ1) is 20.4. The van der Waals surface area contributed by atoms with Crippen LogP contribution in [0, 0.1) is 0 Å². The zero-order valence-corrected chi connectivity index (χ0v) is 16.5. The lowest BCUT2D eigenvalue weighted by Gasteiger charge is -2.22. The molecule has 0 bridgehead atoms. The highest BCUT2D eigenvalue weighted by Crippen LogP contribution is 2.23. The van der Waals surface area contributed by atoms with E-state index in [0.717, 1.165) is 23.8 Å². The van der Waals surface area contributed by atoms with Crippen LogP contribution in [0.1, 0.15) is 18.1 Å². The maximum absolute atomic E-state index is 10.1. The van der Waals surface area contributed by atoms with Crippen molar-refractivity contribution in [2.75, 3.05) is 34.4 Å². The highest BCUT2D eigenvalue weighted by Gasteiger charge is 2.08. The second-order valence-corrected chi connectivity index (χ2v) is 6.15. The van der Waals surface area contributed by atoms with Crippen LogP contribution in [-0.2, 0) is 13.0 Å². The molecular formula is C21H29N3O3. The average molecular weight is 371 g/mol. The lowest BCUT2D eigenvalue weighted by molar-refractivity contribution is 0.340. The zero-order valence-electron chi connectivity index (χ0n) is 16.5. The van der Waals surface area contributed by atoms with Gasteiger partial charge in [0.25, 0.3) is 0 Å². The highest BCUT2D eigenvalue weighted by molar-refractivity contribution is 5.79. The Morgan fingerprint density at radius 1 is 1.15 bits per heavy atom. The fourth-order valence-corrected chi connectivity index (χ4v) is 2.78. The minimum atomic E-state index is 0.244. The van der Waals surface area contributed by atoms with Crippen molar-refractivity contribution in [3.63, 3.8) is 0 Å². The summed E-state index contributed by atoms with van der Waals surface area (Å²) in [7, 11) is 5.35. The third-order valence-corrected chi connectivity index (χ3v) is 4.20. The summed E-state index contributed by atoms with van der Waals surface area (Å²) >= 11 is 0. The molecule has 0 saturated carbocycles. The molecule has 0 saturated heterocycles. The Bertz CT molecular complexity index is 745. The molecule has 27 heavy (non-hydrogen) atoms. The van der Waals surface area contributed by atoms with Crippen LogP contribution in [0.3, 0.4) is 0 Å². The van der Waals surface area contributed by atoms with E-state index in [1.807, 2.05) is 38.2 Å². The van der Waals surface area contributed by atoms with Gasteiger partial charge in [-0.3, -0.25) is 4.99 Å². The summed E-state index contributed by atoms with van der Waals surface area (Å²) in [6, 6.07) is 13.4. The molecule has 0 heterocycles. The molecule has 0 fully saturated rings. The fraction of sp³-hybridized carbons (Fsp3) is 0.381. The van der Waals surface area contributed by atoms with E-state index >= 15 is 0 Å². The van der Waals surface area contributed by atoms with Gasteiger partial charge in [-0.1, -0.05) is 18.2 Å². The summed E-state index contributed by atoms with van der Waals surface area (Å²) in [6.45, 7) is 4.04. The minimum Gasteiger partial charge on any atom is -0.508 e. The highest BCUT2D eigenvalue weighted by atomic mass is 16.5. The third-order valence-electron chi connectivity index (χ3n) is 4.20. The molecule has 2 N–H and O–H groups in total. The van der Waals surface area contributed by atoms with E-state index in [4.69, 9.17) is 9.47 Å². The van der Waals surface area contributed by atoms with Crippen molar-refractivity contribution in [2.45, 2.75) is 19.9 Å². The molecule has 146 valence electrons. The van der Waals surface area contributed by atoms with Gasteiger partial charge in [0.15, 0.2) is 5.96 Å². The van der Waals surface area contributed by atoms with Crippen LogP contribution in [0.15, 0.2) is 47.5 Å². The Hall–Kier alpha value is -2.89. The molecule has 0 spiro atoms. The van der Waals surface area contributed by atoms with Crippen LogP contribution >= 0.6 is 0 Å². The van der Waals surface area contributed by atoms with Crippen molar-refractivity contribution >= 4 is 5.96 Å². The second kappa shape index (κ2) is 10.3. The number of nitrogens with zero attached hydrogens (tertiary/aromatic N) is 2. The van der Waals surface area contributed by atoms with E-state index in [0.29, 0.717) is 25.3 Å². The number of hydrogen-bond acceptors (Lipinski definition) is 4. The number of aromatic hydroxyl groups is 1. The first-order valence-corrected chi connectivity index (χ1v) is 9.06. The molecule has 0 radical (unpaired) electrons. The molecule has 0 aliphatic heterocycles.